The summed E-state index contributed by atoms with van der Waals surface area (Å²) in [7, 11) is 0. The fourth-order valence-corrected chi connectivity index (χ4v) is 2.53. The summed E-state index contributed by atoms with van der Waals surface area (Å²) in [5.41, 5.74) is 8.27. The van der Waals surface area contributed by atoms with E-state index < -0.39 is 0 Å². The molecular formula is C13H11FN4S. The summed E-state index contributed by atoms with van der Waals surface area (Å²) in [5, 5.41) is 3.83. The van der Waals surface area contributed by atoms with Crippen LogP contribution in [0.1, 0.15) is 5.56 Å². The Kier molecular flexibility index (Phi) is 2.79. The molecule has 0 aliphatic rings. The highest BCUT2D eigenvalue weighted by Crippen LogP contribution is 2.28. The van der Waals surface area contributed by atoms with Crippen LogP contribution in [0.3, 0.4) is 0 Å². The molecule has 0 spiro atoms. The van der Waals surface area contributed by atoms with E-state index in [1.54, 1.807) is 12.1 Å². The molecule has 96 valence electrons. The highest BCUT2D eigenvalue weighted by Gasteiger charge is 2.07. The van der Waals surface area contributed by atoms with E-state index in [1.807, 2.05) is 13.0 Å². The van der Waals surface area contributed by atoms with Crippen molar-refractivity contribution in [1.82, 2.24) is 9.97 Å². The van der Waals surface area contributed by atoms with Gasteiger partial charge in [0.25, 0.3) is 0 Å². The van der Waals surface area contributed by atoms with E-state index in [-0.39, 0.29) is 5.82 Å². The Bertz CT molecular complexity index is 697. The summed E-state index contributed by atoms with van der Waals surface area (Å²) in [6.07, 6.45) is 0. The molecule has 4 nitrogen and oxygen atoms in total. The summed E-state index contributed by atoms with van der Waals surface area (Å²) >= 11 is 1.41. The van der Waals surface area contributed by atoms with Crippen molar-refractivity contribution in [3.63, 3.8) is 0 Å². The number of pyridine rings is 1. The molecule has 2 aromatic heterocycles. The van der Waals surface area contributed by atoms with Gasteiger partial charge < -0.3 is 11.1 Å². The molecule has 0 radical (unpaired) electrons. The van der Waals surface area contributed by atoms with Crippen LogP contribution in [-0.4, -0.2) is 9.97 Å². The fraction of sp³-hybridized carbons (Fsp3) is 0.0769. The first-order valence-electron chi connectivity index (χ1n) is 5.68. The number of hydrogen-bond acceptors (Lipinski definition) is 5. The summed E-state index contributed by atoms with van der Waals surface area (Å²) in [4.78, 5) is 9.50. The molecule has 6 heteroatoms. The number of nitrogens with one attached hydrogen (secondary N) is 1. The van der Waals surface area contributed by atoms with Gasteiger partial charge in [-0.3, -0.25) is 0 Å². The van der Waals surface area contributed by atoms with Gasteiger partial charge in [0.2, 0.25) is 0 Å². The molecule has 2 heterocycles. The van der Waals surface area contributed by atoms with Gasteiger partial charge in [-0.25, -0.2) is 14.4 Å². The first-order valence-corrected chi connectivity index (χ1v) is 6.50. The molecule has 0 unspecified atom stereocenters. The number of rotatable bonds is 2. The Morgan fingerprint density at radius 3 is 2.68 bits per heavy atom. The quantitative estimate of drug-likeness (QED) is 0.751. The first-order chi connectivity index (χ1) is 9.11. The van der Waals surface area contributed by atoms with Crippen LogP contribution in [0.5, 0.6) is 0 Å². The van der Waals surface area contributed by atoms with E-state index in [2.05, 4.69) is 15.3 Å². The normalized spacial score (nSPS) is 10.8. The molecule has 3 rings (SSSR count). The Hall–Kier alpha value is -2.21. The average molecular weight is 274 g/mol. The molecule has 0 fully saturated rings. The zero-order valence-corrected chi connectivity index (χ0v) is 11.0. The fourth-order valence-electron chi connectivity index (χ4n) is 1.68. The van der Waals surface area contributed by atoms with E-state index in [1.165, 1.54) is 23.5 Å². The molecule has 1 aromatic carbocycles. The predicted molar refractivity (Wildman–Crippen MR) is 76.2 cm³/mol. The average Bonchev–Trinajstić information content (AvgIpc) is 2.74. The SMILES string of the molecule is Cc1cc2nc(Nc3ccc(F)cc3)sc2nc1N. The minimum Gasteiger partial charge on any atom is -0.383 e. The second kappa shape index (κ2) is 4.47. The number of aromatic nitrogens is 2. The number of nitrogen functional groups attached to an aromatic ring is 1. The molecule has 0 saturated heterocycles. The van der Waals surface area contributed by atoms with Crippen LogP contribution in [0.15, 0.2) is 30.3 Å². The molecule has 0 saturated carbocycles. The summed E-state index contributed by atoms with van der Waals surface area (Å²) in [6.45, 7) is 1.90. The zero-order valence-electron chi connectivity index (χ0n) is 10.1. The third kappa shape index (κ3) is 2.34. The third-order valence-electron chi connectivity index (χ3n) is 2.71. The van der Waals surface area contributed by atoms with Gasteiger partial charge in [0.15, 0.2) is 5.13 Å². The Balaban J connectivity index is 1.95. The van der Waals surface area contributed by atoms with Crippen molar-refractivity contribution in [3.8, 4) is 0 Å². The largest absolute Gasteiger partial charge is 0.383 e. The van der Waals surface area contributed by atoms with Gasteiger partial charge in [-0.2, -0.15) is 0 Å². The van der Waals surface area contributed by atoms with Gasteiger partial charge in [-0.1, -0.05) is 11.3 Å². The lowest BCUT2D eigenvalue weighted by molar-refractivity contribution is 0.628. The van der Waals surface area contributed by atoms with E-state index in [0.29, 0.717) is 10.9 Å². The zero-order chi connectivity index (χ0) is 13.4. The van der Waals surface area contributed by atoms with Crippen LogP contribution in [0.4, 0.5) is 21.0 Å². The van der Waals surface area contributed by atoms with Gasteiger partial charge in [0.05, 0.1) is 0 Å². The van der Waals surface area contributed by atoms with Crippen LogP contribution in [-0.2, 0) is 0 Å². The number of nitrogens with zero attached hydrogens (tertiary/aromatic N) is 2. The lowest BCUT2D eigenvalue weighted by Crippen LogP contribution is -1.92. The van der Waals surface area contributed by atoms with Crippen molar-refractivity contribution in [2.24, 2.45) is 0 Å². The molecule has 3 aromatic rings. The van der Waals surface area contributed by atoms with Crippen molar-refractivity contribution in [3.05, 3.63) is 41.7 Å². The van der Waals surface area contributed by atoms with Gasteiger partial charge in [-0.15, -0.1) is 0 Å². The van der Waals surface area contributed by atoms with E-state index >= 15 is 0 Å². The lowest BCUT2D eigenvalue weighted by atomic mass is 10.3. The highest BCUT2D eigenvalue weighted by atomic mass is 32.1. The smallest absolute Gasteiger partial charge is 0.189 e. The van der Waals surface area contributed by atoms with Crippen LogP contribution in [0, 0.1) is 12.7 Å². The standard InChI is InChI=1S/C13H11FN4S/c1-7-6-10-12(18-11(7)15)19-13(17-10)16-9-4-2-8(14)3-5-9/h2-6H,1H3,(H2,15,18)(H,16,17). The minimum atomic E-state index is -0.264. The summed E-state index contributed by atoms with van der Waals surface area (Å²) in [5.74, 6) is 0.254. The highest BCUT2D eigenvalue weighted by molar-refractivity contribution is 7.21. The molecule has 0 aliphatic heterocycles. The molecule has 0 atom stereocenters. The molecular weight excluding hydrogens is 263 g/mol. The number of aryl methyl sites for hydroxylation is 1. The number of benzene rings is 1. The number of nitrogens with two attached hydrogens (primary N) is 1. The monoisotopic (exact) mass is 274 g/mol. The molecule has 0 amide bonds. The number of halogens is 1. The molecule has 0 aliphatic carbocycles. The topological polar surface area (TPSA) is 63.8 Å². The second-order valence-corrected chi connectivity index (χ2v) is 5.14. The van der Waals surface area contributed by atoms with Crippen molar-refractivity contribution >= 4 is 38.3 Å². The summed E-state index contributed by atoms with van der Waals surface area (Å²) in [6, 6.07) is 8.03. The van der Waals surface area contributed by atoms with Crippen LogP contribution in [0.25, 0.3) is 10.3 Å². The number of anilines is 3. The molecule has 3 N–H and O–H groups in total. The van der Waals surface area contributed by atoms with Crippen molar-refractivity contribution in [2.75, 3.05) is 11.1 Å². The maximum Gasteiger partial charge on any atom is 0.189 e. The van der Waals surface area contributed by atoms with Crippen LogP contribution < -0.4 is 11.1 Å². The third-order valence-corrected chi connectivity index (χ3v) is 3.59. The maximum atomic E-state index is 12.8. The van der Waals surface area contributed by atoms with Gasteiger partial charge >= 0.3 is 0 Å². The van der Waals surface area contributed by atoms with E-state index in [0.717, 1.165) is 21.6 Å². The maximum absolute atomic E-state index is 12.8. The van der Waals surface area contributed by atoms with E-state index in [4.69, 9.17) is 5.73 Å². The van der Waals surface area contributed by atoms with E-state index in [9.17, 15) is 4.39 Å². The van der Waals surface area contributed by atoms with Crippen molar-refractivity contribution in [2.45, 2.75) is 6.92 Å². The van der Waals surface area contributed by atoms with Crippen LogP contribution in [0.2, 0.25) is 0 Å². The Labute approximate surface area is 113 Å². The van der Waals surface area contributed by atoms with Gasteiger partial charge in [0, 0.05) is 5.69 Å². The minimum absolute atomic E-state index is 0.264. The number of fused-ring (bicyclic) bond motifs is 1. The van der Waals surface area contributed by atoms with Crippen molar-refractivity contribution < 1.29 is 4.39 Å². The Morgan fingerprint density at radius 2 is 1.95 bits per heavy atom. The first kappa shape index (κ1) is 11.9. The lowest BCUT2D eigenvalue weighted by Gasteiger charge is -2.00. The predicted octanol–water partition coefficient (Wildman–Crippen LogP) is 3.46. The van der Waals surface area contributed by atoms with Gasteiger partial charge in [0.1, 0.15) is 22.0 Å². The molecule has 0 bridgehead atoms. The Morgan fingerprint density at radius 1 is 1.21 bits per heavy atom. The number of thiazole rings is 1. The van der Waals surface area contributed by atoms with Crippen LogP contribution >= 0.6 is 11.3 Å². The van der Waals surface area contributed by atoms with Crippen molar-refractivity contribution in [1.29, 1.82) is 0 Å². The summed E-state index contributed by atoms with van der Waals surface area (Å²) < 4.78 is 12.8. The van der Waals surface area contributed by atoms with Gasteiger partial charge in [-0.05, 0) is 42.8 Å². The second-order valence-electron chi connectivity index (χ2n) is 4.17. The molecule has 19 heavy (non-hydrogen) atoms. The number of hydrogen-bond donors (Lipinski definition) is 2.